The topological polar surface area (TPSA) is 136 Å². The van der Waals surface area contributed by atoms with Crippen LogP contribution in [0.3, 0.4) is 0 Å². The lowest BCUT2D eigenvalue weighted by atomic mass is 9.86. The van der Waals surface area contributed by atoms with Crippen LogP contribution in [0.1, 0.15) is 38.5 Å². The van der Waals surface area contributed by atoms with E-state index in [0.717, 1.165) is 17.7 Å². The zero-order valence-electron chi connectivity index (χ0n) is 15.3. The molecule has 27 heavy (non-hydrogen) atoms. The lowest BCUT2D eigenvalue weighted by molar-refractivity contribution is -0.124. The summed E-state index contributed by atoms with van der Waals surface area (Å²) in [7, 11) is -3.74. The summed E-state index contributed by atoms with van der Waals surface area (Å²) in [5.74, 6) is 0.132. The van der Waals surface area contributed by atoms with E-state index in [9.17, 15) is 18.0 Å². The van der Waals surface area contributed by atoms with Crippen LogP contribution in [-0.4, -0.2) is 38.3 Å². The summed E-state index contributed by atoms with van der Waals surface area (Å²) in [6.45, 7) is 0.410. The molecule has 2 rings (SSSR count). The Labute approximate surface area is 160 Å². The van der Waals surface area contributed by atoms with E-state index in [1.165, 1.54) is 31.4 Å². The molecule has 0 saturated heterocycles. The number of imide groups is 1. The number of nitrogens with two attached hydrogens (primary N) is 2. The largest absolute Gasteiger partial charge is 0.383 e. The van der Waals surface area contributed by atoms with Crippen molar-refractivity contribution in [2.75, 3.05) is 18.4 Å². The minimum atomic E-state index is -3.74. The molecule has 3 amide bonds. The molecule has 0 heterocycles. The van der Waals surface area contributed by atoms with Gasteiger partial charge in [0.15, 0.2) is 0 Å². The summed E-state index contributed by atoms with van der Waals surface area (Å²) >= 11 is 0. The Balaban J connectivity index is 1.81. The summed E-state index contributed by atoms with van der Waals surface area (Å²) in [6.07, 6.45) is 8.11. The Kier molecular flexibility index (Phi) is 7.61. The Morgan fingerprint density at radius 2 is 1.78 bits per heavy atom. The molecular weight excluding hydrogens is 368 g/mol. The molecule has 5 N–H and O–H groups in total. The van der Waals surface area contributed by atoms with Gasteiger partial charge >= 0.3 is 6.03 Å². The highest BCUT2D eigenvalue weighted by molar-refractivity contribution is 7.89. The molecule has 0 spiro atoms. The molecule has 1 saturated carbocycles. The van der Waals surface area contributed by atoms with Gasteiger partial charge in [-0.05, 0) is 36.6 Å². The van der Waals surface area contributed by atoms with E-state index in [-0.39, 0.29) is 17.3 Å². The van der Waals surface area contributed by atoms with Crippen molar-refractivity contribution in [2.24, 2.45) is 16.8 Å². The van der Waals surface area contributed by atoms with Gasteiger partial charge in [-0.25, -0.2) is 18.4 Å². The van der Waals surface area contributed by atoms with Crippen LogP contribution in [0, 0.1) is 12.3 Å². The Morgan fingerprint density at radius 3 is 2.33 bits per heavy atom. The summed E-state index contributed by atoms with van der Waals surface area (Å²) in [4.78, 5) is 24.9. The van der Waals surface area contributed by atoms with Gasteiger partial charge in [-0.15, -0.1) is 0 Å². The fourth-order valence-corrected chi connectivity index (χ4v) is 3.72. The van der Waals surface area contributed by atoms with Gasteiger partial charge in [-0.2, -0.15) is 0 Å². The number of nitrogens with zero attached hydrogens (tertiary/aromatic N) is 1. The first-order valence-electron chi connectivity index (χ1n) is 9.08. The van der Waals surface area contributed by atoms with Crippen LogP contribution >= 0.6 is 0 Å². The molecule has 1 radical (unpaired) electrons. The van der Waals surface area contributed by atoms with Crippen LogP contribution in [-0.2, 0) is 14.8 Å². The minimum Gasteiger partial charge on any atom is -0.383 e. The van der Waals surface area contributed by atoms with E-state index in [1.807, 2.05) is 0 Å². The fourth-order valence-electron chi connectivity index (χ4n) is 3.20. The number of carbonyl (C=O) groups excluding carboxylic acids is 2. The van der Waals surface area contributed by atoms with E-state index in [2.05, 4.69) is 5.32 Å². The molecule has 9 heteroatoms. The van der Waals surface area contributed by atoms with Gasteiger partial charge in [-0.3, -0.25) is 9.69 Å². The van der Waals surface area contributed by atoms with Gasteiger partial charge in [0.05, 0.1) is 11.3 Å². The second kappa shape index (κ2) is 9.70. The number of nitrogens with one attached hydrogen (secondary N) is 1. The van der Waals surface area contributed by atoms with Crippen molar-refractivity contribution in [3.63, 3.8) is 0 Å². The number of primary sulfonamides is 1. The normalized spacial score (nSPS) is 15.3. The van der Waals surface area contributed by atoms with Crippen LogP contribution in [0.15, 0.2) is 29.2 Å². The highest BCUT2D eigenvalue weighted by Gasteiger charge is 2.21. The third-order valence-electron chi connectivity index (χ3n) is 4.73. The van der Waals surface area contributed by atoms with Crippen LogP contribution in [0.5, 0.6) is 0 Å². The highest BCUT2D eigenvalue weighted by atomic mass is 32.2. The third-order valence-corrected chi connectivity index (χ3v) is 5.66. The summed E-state index contributed by atoms with van der Waals surface area (Å²) < 4.78 is 22.5. The smallest absolute Gasteiger partial charge is 0.321 e. The molecule has 0 bridgehead atoms. The van der Waals surface area contributed by atoms with E-state index < -0.39 is 16.1 Å². The molecule has 0 aromatic heterocycles. The molecule has 0 unspecified atom stereocenters. The second-order valence-electron chi connectivity index (χ2n) is 6.77. The van der Waals surface area contributed by atoms with E-state index in [1.54, 1.807) is 18.6 Å². The number of anilines is 1. The standard InChI is InChI=1S/C18H27N4O4S/c19-18(24)22(17(23)11-6-14-4-2-1-3-5-14)13-12-21-15-7-9-16(10-8-15)27(20,25)26/h7-11,14,21H,1-6,12-13H2,(H2,19,24)(H2,20,25,26). The van der Waals surface area contributed by atoms with Crippen molar-refractivity contribution in [1.29, 1.82) is 0 Å². The molecule has 1 aromatic rings. The third kappa shape index (κ3) is 6.84. The predicted molar refractivity (Wildman–Crippen MR) is 103 cm³/mol. The quantitative estimate of drug-likeness (QED) is 0.617. The number of urea groups is 1. The van der Waals surface area contributed by atoms with Gasteiger partial charge in [0.25, 0.3) is 0 Å². The number of benzene rings is 1. The van der Waals surface area contributed by atoms with E-state index in [4.69, 9.17) is 10.9 Å². The van der Waals surface area contributed by atoms with Crippen LogP contribution < -0.4 is 16.2 Å². The van der Waals surface area contributed by atoms with Crippen LogP contribution in [0.4, 0.5) is 10.5 Å². The number of sulfonamides is 1. The Bertz CT molecular complexity index is 743. The number of rotatable bonds is 8. The number of amides is 3. The van der Waals surface area contributed by atoms with Gasteiger partial charge < -0.3 is 11.1 Å². The van der Waals surface area contributed by atoms with Gasteiger partial charge in [-0.1, -0.05) is 32.1 Å². The summed E-state index contributed by atoms with van der Waals surface area (Å²) in [5, 5.41) is 8.07. The Hall–Kier alpha value is -2.13. The molecule has 0 aliphatic heterocycles. The van der Waals surface area contributed by atoms with Crippen molar-refractivity contribution in [2.45, 2.75) is 43.4 Å². The monoisotopic (exact) mass is 395 g/mol. The average molecular weight is 396 g/mol. The van der Waals surface area contributed by atoms with Crippen LogP contribution in [0.2, 0.25) is 0 Å². The number of hydrogen-bond acceptors (Lipinski definition) is 5. The van der Waals surface area contributed by atoms with E-state index in [0.29, 0.717) is 24.6 Å². The molecule has 149 valence electrons. The molecular formula is C18H27N4O4S. The maximum atomic E-state index is 12.3. The average Bonchev–Trinajstić information content (AvgIpc) is 2.63. The predicted octanol–water partition coefficient (Wildman–Crippen LogP) is 1.83. The van der Waals surface area contributed by atoms with Crippen LogP contribution in [0.25, 0.3) is 0 Å². The van der Waals surface area contributed by atoms with Gasteiger partial charge in [0, 0.05) is 18.8 Å². The molecule has 1 aromatic carbocycles. The number of primary amides is 1. The molecule has 1 aliphatic carbocycles. The van der Waals surface area contributed by atoms with Crippen molar-refractivity contribution < 1.29 is 18.0 Å². The van der Waals surface area contributed by atoms with Crippen molar-refractivity contribution in [3.8, 4) is 0 Å². The zero-order chi connectivity index (χ0) is 19.9. The molecule has 1 aliphatic rings. The molecule has 8 nitrogen and oxygen atoms in total. The number of hydrogen-bond donors (Lipinski definition) is 3. The maximum Gasteiger partial charge on any atom is 0.321 e. The number of carbonyl (C=O) groups is 2. The molecule has 1 fully saturated rings. The summed E-state index contributed by atoms with van der Waals surface area (Å²) in [6, 6.07) is 5.10. The fraction of sp³-hybridized carbons (Fsp3) is 0.500. The van der Waals surface area contributed by atoms with Gasteiger partial charge in [0.2, 0.25) is 15.9 Å². The van der Waals surface area contributed by atoms with Crippen molar-refractivity contribution in [3.05, 3.63) is 30.7 Å². The second-order valence-corrected chi connectivity index (χ2v) is 8.33. The first-order valence-corrected chi connectivity index (χ1v) is 10.6. The highest BCUT2D eigenvalue weighted by Crippen LogP contribution is 2.27. The molecule has 0 atom stereocenters. The van der Waals surface area contributed by atoms with Crippen molar-refractivity contribution in [1.82, 2.24) is 4.90 Å². The zero-order valence-corrected chi connectivity index (χ0v) is 16.1. The first kappa shape index (κ1) is 21.2. The SMILES string of the molecule is NC(=O)N(CCNc1ccc(S(N)(=O)=O)cc1)C(=O)[CH]CC1CCCCC1. The minimum absolute atomic E-state index is 0.0132. The summed E-state index contributed by atoms with van der Waals surface area (Å²) in [5.41, 5.74) is 5.98. The lowest BCUT2D eigenvalue weighted by Gasteiger charge is -2.23. The van der Waals surface area contributed by atoms with Gasteiger partial charge in [0.1, 0.15) is 0 Å². The first-order chi connectivity index (χ1) is 12.8. The Morgan fingerprint density at radius 1 is 1.15 bits per heavy atom. The lowest BCUT2D eigenvalue weighted by Crippen LogP contribution is -2.43. The van der Waals surface area contributed by atoms with Crippen molar-refractivity contribution >= 4 is 27.6 Å². The van der Waals surface area contributed by atoms with E-state index >= 15 is 0 Å². The maximum absolute atomic E-state index is 12.3.